The third kappa shape index (κ3) is 4.39. The molecule has 3 rings (SSSR count). The summed E-state index contributed by atoms with van der Waals surface area (Å²) in [6.07, 6.45) is 5.10. The van der Waals surface area contributed by atoms with Crippen LogP contribution in [0.1, 0.15) is 57.3 Å². The van der Waals surface area contributed by atoms with E-state index in [1.165, 1.54) is 10.5 Å². The van der Waals surface area contributed by atoms with E-state index in [0.717, 1.165) is 19.3 Å². The first-order valence-electron chi connectivity index (χ1n) is 10.2. The molecule has 1 aromatic carbocycles. The number of pyridine rings is 1. The highest BCUT2D eigenvalue weighted by atomic mass is 16.3. The molecule has 1 N–H and O–H groups in total. The molecule has 1 aliphatic rings. The minimum Gasteiger partial charge on any atom is -0.503 e. The number of amides is 1. The molecule has 1 aliphatic heterocycles. The molecule has 0 bridgehead atoms. The third-order valence-corrected chi connectivity index (χ3v) is 5.10. The maximum absolute atomic E-state index is 13.0. The second-order valence-corrected chi connectivity index (χ2v) is 7.89. The van der Waals surface area contributed by atoms with Gasteiger partial charge in [-0.3, -0.25) is 19.5 Å². The molecule has 0 radical (unpaired) electrons. The first kappa shape index (κ1) is 20.8. The zero-order valence-corrected chi connectivity index (χ0v) is 17.3. The van der Waals surface area contributed by atoms with Gasteiger partial charge >= 0.3 is 0 Å². The molecular formula is C24H28N2O3. The predicted octanol–water partition coefficient (Wildman–Crippen LogP) is 4.94. The molecule has 0 saturated heterocycles. The maximum atomic E-state index is 13.0. The van der Waals surface area contributed by atoms with Gasteiger partial charge in [-0.25, -0.2) is 0 Å². The van der Waals surface area contributed by atoms with Gasteiger partial charge in [-0.05, 0) is 48.6 Å². The molecule has 5 heteroatoms. The summed E-state index contributed by atoms with van der Waals surface area (Å²) in [5.41, 5.74) is 2.54. The lowest BCUT2D eigenvalue weighted by Gasteiger charge is -2.26. The molecule has 29 heavy (non-hydrogen) atoms. The highest BCUT2D eigenvalue weighted by Crippen LogP contribution is 2.40. The summed E-state index contributed by atoms with van der Waals surface area (Å²) >= 11 is 0. The molecule has 5 nitrogen and oxygen atoms in total. The van der Waals surface area contributed by atoms with E-state index in [4.69, 9.17) is 0 Å². The van der Waals surface area contributed by atoms with Crippen LogP contribution in [0.4, 0.5) is 5.69 Å². The van der Waals surface area contributed by atoms with Crippen molar-refractivity contribution in [1.82, 2.24) is 4.98 Å². The maximum Gasteiger partial charge on any atom is 0.294 e. The van der Waals surface area contributed by atoms with Crippen LogP contribution in [0.25, 0.3) is 0 Å². The normalized spacial score (nSPS) is 16.8. The molecular weight excluding hydrogens is 364 g/mol. The van der Waals surface area contributed by atoms with E-state index in [1.807, 2.05) is 44.2 Å². The van der Waals surface area contributed by atoms with Crippen molar-refractivity contribution >= 4 is 17.4 Å². The highest BCUT2D eigenvalue weighted by molar-refractivity contribution is 6.16. The molecule has 0 aliphatic carbocycles. The van der Waals surface area contributed by atoms with Crippen LogP contribution in [0.3, 0.4) is 0 Å². The number of unbranched alkanes of at least 4 members (excludes halogenated alkanes) is 1. The summed E-state index contributed by atoms with van der Waals surface area (Å²) < 4.78 is 0. The lowest BCUT2D eigenvalue weighted by atomic mass is 9.94. The van der Waals surface area contributed by atoms with E-state index in [0.29, 0.717) is 11.4 Å². The van der Waals surface area contributed by atoms with Gasteiger partial charge in [-0.2, -0.15) is 0 Å². The average Bonchev–Trinajstić information content (AvgIpc) is 2.98. The lowest BCUT2D eigenvalue weighted by molar-refractivity contribution is -0.118. The fraction of sp³-hybridized carbons (Fsp3) is 0.375. The minimum absolute atomic E-state index is 0.120. The Morgan fingerprint density at radius 2 is 1.90 bits per heavy atom. The van der Waals surface area contributed by atoms with Gasteiger partial charge in [0.15, 0.2) is 11.5 Å². The number of carbonyl (C=O) groups excluding carboxylic acids is 2. The van der Waals surface area contributed by atoms with Crippen LogP contribution in [-0.4, -0.2) is 21.8 Å². The number of aliphatic hydroxyl groups is 1. The molecule has 0 saturated carbocycles. The Bertz CT molecular complexity index is 901. The van der Waals surface area contributed by atoms with E-state index in [1.54, 1.807) is 18.3 Å². The number of ketones is 1. The molecule has 1 amide bonds. The number of benzene rings is 1. The molecule has 2 aromatic rings. The summed E-state index contributed by atoms with van der Waals surface area (Å²) in [6.45, 7) is 6.03. The van der Waals surface area contributed by atoms with E-state index < -0.39 is 17.7 Å². The Hall–Kier alpha value is -2.95. The first-order chi connectivity index (χ1) is 13.9. The number of aryl methyl sites for hydroxylation is 1. The van der Waals surface area contributed by atoms with Crippen molar-refractivity contribution in [2.24, 2.45) is 5.92 Å². The van der Waals surface area contributed by atoms with Crippen molar-refractivity contribution in [3.8, 4) is 0 Å². The highest BCUT2D eigenvalue weighted by Gasteiger charge is 2.44. The number of aliphatic hydroxyl groups excluding tert-OH is 1. The van der Waals surface area contributed by atoms with Gasteiger partial charge in [0, 0.05) is 18.3 Å². The van der Waals surface area contributed by atoms with Crippen LogP contribution in [0, 0.1) is 5.92 Å². The standard InChI is InChI=1S/C24H28N2O3/c1-4-5-8-17-10-12-18(13-11-17)26-22(19-9-6-7-14-25-19)21(23(28)24(26)29)20(27)15-16(2)3/h6-7,9-14,16,22,28H,4-5,8,15H2,1-3H3. The Morgan fingerprint density at radius 3 is 2.48 bits per heavy atom. The fourth-order valence-corrected chi connectivity index (χ4v) is 3.66. The third-order valence-electron chi connectivity index (χ3n) is 5.10. The summed E-state index contributed by atoms with van der Waals surface area (Å²) in [4.78, 5) is 31.8. The SMILES string of the molecule is CCCCc1ccc(N2C(=O)C(O)=C(C(=O)CC(C)C)C2c2ccccn2)cc1. The quantitative estimate of drug-likeness (QED) is 0.691. The second kappa shape index (κ2) is 9.03. The van der Waals surface area contributed by atoms with Crippen LogP contribution < -0.4 is 4.90 Å². The van der Waals surface area contributed by atoms with Gasteiger partial charge in [0.2, 0.25) is 0 Å². The minimum atomic E-state index is -0.726. The molecule has 1 atom stereocenters. The van der Waals surface area contributed by atoms with Gasteiger partial charge < -0.3 is 5.11 Å². The average molecular weight is 392 g/mol. The summed E-state index contributed by atoms with van der Waals surface area (Å²) in [6, 6.07) is 12.4. The molecule has 0 fully saturated rings. The van der Waals surface area contributed by atoms with Crippen molar-refractivity contribution in [2.75, 3.05) is 4.90 Å². The van der Waals surface area contributed by atoms with E-state index in [2.05, 4.69) is 11.9 Å². The Kier molecular flexibility index (Phi) is 6.47. The fourth-order valence-electron chi connectivity index (χ4n) is 3.66. The topological polar surface area (TPSA) is 70.5 Å². The van der Waals surface area contributed by atoms with Crippen LogP contribution in [0.2, 0.25) is 0 Å². The molecule has 152 valence electrons. The first-order valence-corrected chi connectivity index (χ1v) is 10.2. The van der Waals surface area contributed by atoms with Crippen LogP contribution in [0.15, 0.2) is 60.0 Å². The Balaban J connectivity index is 2.02. The van der Waals surface area contributed by atoms with Crippen LogP contribution >= 0.6 is 0 Å². The van der Waals surface area contributed by atoms with Crippen molar-refractivity contribution in [3.05, 3.63) is 71.3 Å². The zero-order chi connectivity index (χ0) is 21.0. The van der Waals surface area contributed by atoms with Gasteiger partial charge in [-0.15, -0.1) is 0 Å². The monoisotopic (exact) mass is 392 g/mol. The lowest BCUT2D eigenvalue weighted by Crippen LogP contribution is -2.31. The number of hydrogen-bond donors (Lipinski definition) is 1. The van der Waals surface area contributed by atoms with Crippen molar-refractivity contribution in [3.63, 3.8) is 0 Å². The summed E-state index contributed by atoms with van der Waals surface area (Å²) in [7, 11) is 0. The van der Waals surface area contributed by atoms with Crippen LogP contribution in [-0.2, 0) is 16.0 Å². The van der Waals surface area contributed by atoms with Crippen molar-refractivity contribution in [1.29, 1.82) is 0 Å². The van der Waals surface area contributed by atoms with Gasteiger partial charge in [0.25, 0.3) is 5.91 Å². The number of carbonyl (C=O) groups is 2. The Morgan fingerprint density at radius 1 is 1.17 bits per heavy atom. The van der Waals surface area contributed by atoms with Gasteiger partial charge in [0.05, 0.1) is 11.3 Å². The number of hydrogen-bond acceptors (Lipinski definition) is 4. The number of anilines is 1. The number of Topliss-reactive ketones (excluding diaryl/α,β-unsaturated/α-hetero) is 1. The summed E-state index contributed by atoms with van der Waals surface area (Å²) in [5, 5.41) is 10.6. The van der Waals surface area contributed by atoms with Gasteiger partial charge in [0.1, 0.15) is 6.04 Å². The number of rotatable bonds is 8. The van der Waals surface area contributed by atoms with Gasteiger partial charge in [-0.1, -0.05) is 45.4 Å². The number of nitrogens with zero attached hydrogens (tertiary/aromatic N) is 2. The zero-order valence-electron chi connectivity index (χ0n) is 17.3. The number of aromatic nitrogens is 1. The Labute approximate surface area is 172 Å². The van der Waals surface area contributed by atoms with E-state index >= 15 is 0 Å². The van der Waals surface area contributed by atoms with Crippen LogP contribution in [0.5, 0.6) is 0 Å². The van der Waals surface area contributed by atoms with E-state index in [-0.39, 0.29) is 23.7 Å². The molecule has 1 unspecified atom stereocenters. The molecule has 2 heterocycles. The molecule has 0 spiro atoms. The van der Waals surface area contributed by atoms with Crippen molar-refractivity contribution < 1.29 is 14.7 Å². The van der Waals surface area contributed by atoms with E-state index in [9.17, 15) is 14.7 Å². The predicted molar refractivity (Wildman–Crippen MR) is 114 cm³/mol. The smallest absolute Gasteiger partial charge is 0.294 e. The van der Waals surface area contributed by atoms with Crippen molar-refractivity contribution in [2.45, 2.75) is 52.5 Å². The molecule has 1 aromatic heterocycles. The second-order valence-electron chi connectivity index (χ2n) is 7.89. The summed E-state index contributed by atoms with van der Waals surface area (Å²) in [5.74, 6) is -1.13. The largest absolute Gasteiger partial charge is 0.503 e.